The van der Waals surface area contributed by atoms with E-state index < -0.39 is 0 Å². The van der Waals surface area contributed by atoms with Crippen molar-refractivity contribution < 1.29 is 4.79 Å². The maximum atomic E-state index is 12.0. The van der Waals surface area contributed by atoms with Crippen molar-refractivity contribution in [3.63, 3.8) is 0 Å². The van der Waals surface area contributed by atoms with E-state index in [1.165, 1.54) is 0 Å². The van der Waals surface area contributed by atoms with Crippen molar-refractivity contribution in [3.8, 4) is 0 Å². The molecule has 2 aromatic rings. The van der Waals surface area contributed by atoms with Gasteiger partial charge >= 0.3 is 0 Å². The maximum absolute atomic E-state index is 12.0. The van der Waals surface area contributed by atoms with Gasteiger partial charge in [-0.1, -0.05) is 18.2 Å². The Hall–Kier alpha value is -2.23. The van der Waals surface area contributed by atoms with Crippen LogP contribution in [0.3, 0.4) is 0 Å². The quantitative estimate of drug-likeness (QED) is 0.720. The van der Waals surface area contributed by atoms with E-state index in [4.69, 9.17) is 0 Å². The number of carbonyl (C=O) groups excluding carboxylic acids is 1. The van der Waals surface area contributed by atoms with Crippen molar-refractivity contribution in [1.82, 2.24) is 9.97 Å². The Morgan fingerprint density at radius 2 is 1.81 bits per heavy atom. The number of fused-ring (bicyclic) bond motifs is 1. The summed E-state index contributed by atoms with van der Waals surface area (Å²) in [5.41, 5.74) is 1.77. The van der Waals surface area contributed by atoms with Crippen LogP contribution >= 0.6 is 0 Å². The number of hydrogen-bond acceptors (Lipinski definition) is 3. The van der Waals surface area contributed by atoms with Crippen LogP contribution in [0.25, 0.3) is 0 Å². The Morgan fingerprint density at radius 3 is 2.56 bits per heavy atom. The van der Waals surface area contributed by atoms with Crippen LogP contribution in [0.2, 0.25) is 0 Å². The largest absolute Gasteiger partial charge is 0.272 e. The van der Waals surface area contributed by atoms with Gasteiger partial charge < -0.3 is 0 Å². The molecule has 1 aromatic heterocycles. The van der Waals surface area contributed by atoms with Crippen molar-refractivity contribution in [1.29, 1.82) is 0 Å². The smallest absolute Gasteiger partial charge is 0.261 e. The van der Waals surface area contributed by atoms with Gasteiger partial charge in [0.15, 0.2) is 0 Å². The van der Waals surface area contributed by atoms with Crippen LogP contribution in [0.5, 0.6) is 0 Å². The minimum absolute atomic E-state index is 0.0261. The fraction of sp³-hybridized carbons (Fsp3) is 0.0833. The van der Waals surface area contributed by atoms with E-state index in [0.717, 1.165) is 11.1 Å². The molecule has 1 aliphatic heterocycles. The first kappa shape index (κ1) is 9.03. The second-order valence-corrected chi connectivity index (χ2v) is 3.60. The molecule has 0 radical (unpaired) electrons. The van der Waals surface area contributed by atoms with E-state index >= 15 is 0 Å². The van der Waals surface area contributed by atoms with Gasteiger partial charge in [0.1, 0.15) is 0 Å². The van der Waals surface area contributed by atoms with Gasteiger partial charge in [0.25, 0.3) is 5.91 Å². The summed E-state index contributed by atoms with van der Waals surface area (Å²) in [6, 6.07) is 9.32. The van der Waals surface area contributed by atoms with Gasteiger partial charge in [0, 0.05) is 18.0 Å². The van der Waals surface area contributed by atoms with Gasteiger partial charge in [-0.15, -0.1) is 0 Å². The molecule has 0 unspecified atom stereocenters. The molecule has 0 spiro atoms. The summed E-state index contributed by atoms with van der Waals surface area (Å²) in [5.74, 6) is 0.436. The normalized spacial score (nSPS) is 14.0. The van der Waals surface area contributed by atoms with Gasteiger partial charge in [-0.25, -0.2) is 9.97 Å². The monoisotopic (exact) mass is 211 g/mol. The van der Waals surface area contributed by atoms with E-state index in [0.29, 0.717) is 12.5 Å². The number of anilines is 1. The fourth-order valence-corrected chi connectivity index (χ4v) is 1.85. The highest BCUT2D eigenvalue weighted by Crippen LogP contribution is 2.24. The van der Waals surface area contributed by atoms with Gasteiger partial charge in [0.2, 0.25) is 5.95 Å². The molecule has 0 fully saturated rings. The summed E-state index contributed by atoms with van der Waals surface area (Å²) < 4.78 is 0. The summed E-state index contributed by atoms with van der Waals surface area (Å²) in [5, 5.41) is 0. The fourth-order valence-electron chi connectivity index (χ4n) is 1.85. The minimum Gasteiger partial charge on any atom is -0.272 e. The second-order valence-electron chi connectivity index (χ2n) is 3.60. The first-order valence-electron chi connectivity index (χ1n) is 5.03. The first-order chi connectivity index (χ1) is 7.86. The van der Waals surface area contributed by atoms with E-state index in [9.17, 15) is 4.79 Å². The Balaban J connectivity index is 2.02. The lowest BCUT2D eigenvalue weighted by molar-refractivity contribution is 0.0995. The molecule has 1 amide bonds. The average molecular weight is 211 g/mol. The van der Waals surface area contributed by atoms with Gasteiger partial charge in [0.05, 0.1) is 6.54 Å². The number of aromatic nitrogens is 2. The maximum Gasteiger partial charge on any atom is 0.261 e. The van der Waals surface area contributed by atoms with Gasteiger partial charge in [-0.05, 0) is 17.7 Å². The molecule has 78 valence electrons. The topological polar surface area (TPSA) is 46.1 Å². The van der Waals surface area contributed by atoms with Crippen LogP contribution in [0.15, 0.2) is 42.7 Å². The molecule has 3 rings (SSSR count). The van der Waals surface area contributed by atoms with Crippen LogP contribution in [-0.4, -0.2) is 15.9 Å². The van der Waals surface area contributed by atoms with Gasteiger partial charge in [-0.2, -0.15) is 0 Å². The molecule has 0 atom stereocenters. The molecule has 1 aromatic carbocycles. The molecule has 16 heavy (non-hydrogen) atoms. The number of benzene rings is 1. The summed E-state index contributed by atoms with van der Waals surface area (Å²) in [7, 11) is 0. The molecule has 0 saturated carbocycles. The van der Waals surface area contributed by atoms with E-state index in [1.54, 1.807) is 23.4 Å². The number of rotatable bonds is 1. The highest BCUT2D eigenvalue weighted by molar-refractivity contribution is 6.09. The average Bonchev–Trinajstić information content (AvgIpc) is 2.69. The summed E-state index contributed by atoms with van der Waals surface area (Å²) in [6.07, 6.45) is 3.28. The molecule has 0 N–H and O–H groups in total. The Labute approximate surface area is 92.6 Å². The zero-order valence-corrected chi connectivity index (χ0v) is 8.50. The molecule has 2 heterocycles. The van der Waals surface area contributed by atoms with Gasteiger partial charge in [-0.3, -0.25) is 9.69 Å². The number of hydrogen-bond donors (Lipinski definition) is 0. The molecule has 4 nitrogen and oxygen atoms in total. The van der Waals surface area contributed by atoms with Crippen LogP contribution < -0.4 is 4.90 Å². The minimum atomic E-state index is -0.0261. The predicted octanol–water partition coefficient (Wildman–Crippen LogP) is 1.64. The Morgan fingerprint density at radius 1 is 1.06 bits per heavy atom. The molecule has 1 aliphatic rings. The lowest BCUT2D eigenvalue weighted by Gasteiger charge is -2.11. The number of carbonyl (C=O) groups is 1. The van der Waals surface area contributed by atoms with E-state index in [-0.39, 0.29) is 5.91 Å². The lowest BCUT2D eigenvalue weighted by atomic mass is 10.1. The van der Waals surface area contributed by atoms with Crippen LogP contribution in [0.1, 0.15) is 15.9 Å². The summed E-state index contributed by atoms with van der Waals surface area (Å²) in [6.45, 7) is 0.555. The third kappa shape index (κ3) is 1.27. The third-order valence-corrected chi connectivity index (χ3v) is 2.61. The first-order valence-corrected chi connectivity index (χ1v) is 5.03. The predicted molar refractivity (Wildman–Crippen MR) is 59.0 cm³/mol. The highest BCUT2D eigenvalue weighted by Gasteiger charge is 2.29. The second kappa shape index (κ2) is 3.41. The molecule has 0 bridgehead atoms. The van der Waals surface area contributed by atoms with E-state index in [2.05, 4.69) is 9.97 Å². The highest BCUT2D eigenvalue weighted by atomic mass is 16.2. The lowest BCUT2D eigenvalue weighted by Crippen LogP contribution is -2.24. The van der Waals surface area contributed by atoms with Crippen LogP contribution in [0.4, 0.5) is 5.95 Å². The van der Waals surface area contributed by atoms with Crippen molar-refractivity contribution >= 4 is 11.9 Å². The standard InChI is InChI=1S/C12H9N3O/c16-11-10-5-2-1-4-9(10)8-15(11)12-13-6-3-7-14-12/h1-7H,8H2. The zero-order valence-electron chi connectivity index (χ0n) is 8.50. The summed E-state index contributed by atoms with van der Waals surface area (Å²) >= 11 is 0. The van der Waals surface area contributed by atoms with Crippen LogP contribution in [0, 0.1) is 0 Å². The van der Waals surface area contributed by atoms with Crippen molar-refractivity contribution in [2.75, 3.05) is 4.90 Å². The number of nitrogens with zero attached hydrogens (tertiary/aromatic N) is 3. The summed E-state index contributed by atoms with van der Waals surface area (Å²) in [4.78, 5) is 21.8. The van der Waals surface area contributed by atoms with Crippen molar-refractivity contribution in [2.24, 2.45) is 0 Å². The van der Waals surface area contributed by atoms with E-state index in [1.807, 2.05) is 24.3 Å². The molecular formula is C12H9N3O. The van der Waals surface area contributed by atoms with Crippen molar-refractivity contribution in [2.45, 2.75) is 6.54 Å². The Bertz CT molecular complexity index is 539. The van der Waals surface area contributed by atoms with Crippen molar-refractivity contribution in [3.05, 3.63) is 53.9 Å². The molecule has 4 heteroatoms. The molecule has 0 aliphatic carbocycles. The third-order valence-electron chi connectivity index (χ3n) is 2.61. The number of amides is 1. The van der Waals surface area contributed by atoms with Crippen LogP contribution in [-0.2, 0) is 6.54 Å². The SMILES string of the molecule is O=C1c2ccccc2CN1c1ncccn1. The zero-order chi connectivity index (χ0) is 11.0. The molecular weight excluding hydrogens is 202 g/mol. The molecule has 0 saturated heterocycles. The Kier molecular flexibility index (Phi) is 1.93.